The van der Waals surface area contributed by atoms with Gasteiger partial charge in [-0.05, 0) is 78.1 Å². The molecule has 0 aromatic carbocycles. The zero-order valence-electron chi connectivity index (χ0n) is 19.7. The average Bonchev–Trinajstić information content (AvgIpc) is 2.26. The predicted octanol–water partition coefficient (Wildman–Crippen LogP) is 6.78. The lowest BCUT2D eigenvalue weighted by atomic mass is 10.2. The van der Waals surface area contributed by atoms with Gasteiger partial charge in [0.15, 0.2) is 16.6 Å². The Kier molecular flexibility index (Phi) is 10.5. The molecule has 26 heavy (non-hydrogen) atoms. The van der Waals surface area contributed by atoms with Crippen LogP contribution in [-0.2, 0) is 16.5 Å². The van der Waals surface area contributed by atoms with Crippen LogP contribution < -0.4 is 0 Å². The van der Waals surface area contributed by atoms with Gasteiger partial charge in [0.1, 0.15) is 0 Å². The van der Waals surface area contributed by atoms with E-state index in [9.17, 15) is 0 Å². The molecular formula is C17H46O4Si5. The van der Waals surface area contributed by atoms with Crippen LogP contribution in [0.4, 0.5) is 0 Å². The Balaban J connectivity index is 4.78. The zero-order chi connectivity index (χ0) is 20.9. The molecule has 0 heterocycles. The van der Waals surface area contributed by atoms with Gasteiger partial charge < -0.3 is 16.5 Å². The Hall–Kier alpha value is 0.924. The molecule has 0 spiro atoms. The van der Waals surface area contributed by atoms with Crippen LogP contribution in [0.15, 0.2) is 0 Å². The molecule has 0 aliphatic carbocycles. The average molecular weight is 455 g/mol. The van der Waals surface area contributed by atoms with Crippen LogP contribution in [0, 0.1) is 0 Å². The summed E-state index contributed by atoms with van der Waals surface area (Å²) in [5.74, 6) is 0. The van der Waals surface area contributed by atoms with E-state index in [-0.39, 0.29) is 0 Å². The molecule has 0 bridgehead atoms. The van der Waals surface area contributed by atoms with Gasteiger partial charge >= 0.3 is 25.7 Å². The van der Waals surface area contributed by atoms with E-state index in [1.54, 1.807) is 0 Å². The summed E-state index contributed by atoms with van der Waals surface area (Å²) in [5.41, 5.74) is 0. The summed E-state index contributed by atoms with van der Waals surface area (Å²) >= 11 is 0. The molecule has 0 aromatic rings. The minimum absolute atomic E-state index is 1.22. The summed E-state index contributed by atoms with van der Waals surface area (Å²) in [6.45, 7) is 26.5. The number of hydrogen-bond acceptors (Lipinski definition) is 4. The minimum atomic E-state index is -2.30. The maximum absolute atomic E-state index is 6.65. The Morgan fingerprint density at radius 1 is 0.500 bits per heavy atom. The molecule has 0 aromatic heterocycles. The van der Waals surface area contributed by atoms with Crippen LogP contribution >= 0.6 is 0 Å². The van der Waals surface area contributed by atoms with Gasteiger partial charge in [-0.25, -0.2) is 0 Å². The summed E-state index contributed by atoms with van der Waals surface area (Å²) in [5, 5.41) is 0. The van der Waals surface area contributed by atoms with Gasteiger partial charge in [0.05, 0.1) is 0 Å². The molecular weight excluding hydrogens is 409 g/mol. The summed E-state index contributed by atoms with van der Waals surface area (Å²) in [6, 6.07) is 1.22. The molecule has 0 unspecified atom stereocenters. The fourth-order valence-corrected chi connectivity index (χ4v) is 27.5. The lowest BCUT2D eigenvalue weighted by Gasteiger charge is -2.42. The molecule has 9 heteroatoms. The van der Waals surface area contributed by atoms with Crippen LogP contribution in [0.5, 0.6) is 0 Å². The zero-order valence-corrected chi connectivity index (χ0v) is 24.7. The van der Waals surface area contributed by atoms with Crippen molar-refractivity contribution in [1.82, 2.24) is 0 Å². The maximum Gasteiger partial charge on any atom is 0.314 e. The van der Waals surface area contributed by atoms with Crippen molar-refractivity contribution in [2.45, 2.75) is 111 Å². The Morgan fingerprint density at radius 3 is 1.35 bits per heavy atom. The molecule has 4 nitrogen and oxygen atoms in total. The third-order valence-electron chi connectivity index (χ3n) is 3.69. The maximum atomic E-state index is 6.65. The lowest BCUT2D eigenvalue weighted by Crippen LogP contribution is -2.58. The molecule has 0 aliphatic rings. The highest BCUT2D eigenvalue weighted by molar-refractivity contribution is 6.90. The quantitative estimate of drug-likeness (QED) is 0.227. The molecule has 0 N–H and O–H groups in total. The standard InChI is InChI=1S/C17H46O4Si5/c1-13-14-15-16-17-23(5,6)19-25(9,10)21-26(11,12)20-24(7,8)18-22(2,3)4/h13-17H2,1-12H3. The third-order valence-corrected chi connectivity index (χ3v) is 21.7. The van der Waals surface area contributed by atoms with E-state index in [4.69, 9.17) is 16.5 Å². The normalized spacial score (nSPS) is 14.8. The van der Waals surface area contributed by atoms with Gasteiger partial charge in [0.25, 0.3) is 0 Å². The number of unbranched alkanes of at least 4 members (excludes halogenated alkanes) is 3. The molecule has 0 saturated carbocycles. The third kappa shape index (κ3) is 14.0. The van der Waals surface area contributed by atoms with Gasteiger partial charge in [-0.15, -0.1) is 0 Å². The minimum Gasteiger partial charge on any atom is -0.437 e. The Morgan fingerprint density at radius 2 is 0.923 bits per heavy atom. The highest BCUT2D eigenvalue weighted by atomic mass is 28.5. The second-order valence-corrected chi connectivity index (χ2v) is 30.2. The smallest absolute Gasteiger partial charge is 0.314 e. The molecule has 0 fully saturated rings. The van der Waals surface area contributed by atoms with Crippen LogP contribution in [0.3, 0.4) is 0 Å². The molecule has 0 aliphatic heterocycles. The summed E-state index contributed by atoms with van der Waals surface area (Å²) in [4.78, 5) is 0. The predicted molar refractivity (Wildman–Crippen MR) is 127 cm³/mol. The largest absolute Gasteiger partial charge is 0.437 e. The van der Waals surface area contributed by atoms with Crippen molar-refractivity contribution >= 4 is 42.3 Å². The SMILES string of the molecule is CCCCCC[Si](C)(C)O[Si](C)(C)O[Si](C)(C)O[Si](C)(C)O[Si](C)(C)C. The van der Waals surface area contributed by atoms with Gasteiger partial charge in [-0.1, -0.05) is 32.6 Å². The second kappa shape index (κ2) is 10.1. The number of rotatable bonds is 13. The monoisotopic (exact) mass is 454 g/mol. The van der Waals surface area contributed by atoms with Crippen LogP contribution in [0.1, 0.15) is 32.6 Å². The Labute approximate surface area is 169 Å². The van der Waals surface area contributed by atoms with E-state index in [0.717, 1.165) is 0 Å². The van der Waals surface area contributed by atoms with Crippen LogP contribution in [0.25, 0.3) is 0 Å². The fraction of sp³-hybridized carbons (Fsp3) is 1.00. The summed E-state index contributed by atoms with van der Waals surface area (Å²) in [6.07, 6.45) is 5.20. The van der Waals surface area contributed by atoms with Crippen molar-refractivity contribution in [3.05, 3.63) is 0 Å². The van der Waals surface area contributed by atoms with Crippen LogP contribution in [-0.4, -0.2) is 42.3 Å². The fourth-order valence-electron chi connectivity index (χ4n) is 3.68. The highest BCUT2D eigenvalue weighted by Crippen LogP contribution is 2.27. The highest BCUT2D eigenvalue weighted by Gasteiger charge is 2.44. The van der Waals surface area contributed by atoms with E-state index in [0.29, 0.717) is 0 Å². The van der Waals surface area contributed by atoms with E-state index in [1.807, 2.05) is 0 Å². The van der Waals surface area contributed by atoms with Gasteiger partial charge in [0, 0.05) is 0 Å². The van der Waals surface area contributed by atoms with Crippen LogP contribution in [0.2, 0.25) is 78.1 Å². The first kappa shape index (κ1) is 26.9. The molecule has 158 valence electrons. The molecule has 0 rings (SSSR count). The number of hydrogen-bond donors (Lipinski definition) is 0. The summed E-state index contributed by atoms with van der Waals surface area (Å²) < 4.78 is 26.1. The van der Waals surface area contributed by atoms with Gasteiger partial charge in [-0.2, -0.15) is 0 Å². The molecule has 0 atom stereocenters. The lowest BCUT2D eigenvalue weighted by molar-refractivity contribution is 0.299. The second-order valence-electron chi connectivity index (χ2n) is 10.3. The van der Waals surface area contributed by atoms with Crippen molar-refractivity contribution < 1.29 is 16.5 Å². The van der Waals surface area contributed by atoms with Crippen molar-refractivity contribution in [2.75, 3.05) is 0 Å². The first-order valence-electron chi connectivity index (χ1n) is 10.2. The molecule has 0 radical (unpaired) electrons. The van der Waals surface area contributed by atoms with Crippen molar-refractivity contribution in [3.8, 4) is 0 Å². The van der Waals surface area contributed by atoms with Crippen molar-refractivity contribution in [1.29, 1.82) is 0 Å². The summed E-state index contributed by atoms with van der Waals surface area (Å²) in [7, 11) is -10.0. The molecule has 0 saturated heterocycles. The van der Waals surface area contributed by atoms with E-state index >= 15 is 0 Å². The van der Waals surface area contributed by atoms with Gasteiger partial charge in [0.2, 0.25) is 0 Å². The molecule has 0 amide bonds. The topological polar surface area (TPSA) is 36.9 Å². The van der Waals surface area contributed by atoms with Crippen molar-refractivity contribution in [3.63, 3.8) is 0 Å². The van der Waals surface area contributed by atoms with E-state index in [2.05, 4.69) is 78.9 Å². The Bertz CT molecular complexity index is 420. The van der Waals surface area contributed by atoms with Gasteiger partial charge in [-0.3, -0.25) is 0 Å². The van der Waals surface area contributed by atoms with E-state index in [1.165, 1.54) is 31.7 Å². The first-order chi connectivity index (χ1) is 11.4. The first-order valence-corrected chi connectivity index (χ1v) is 25.2. The van der Waals surface area contributed by atoms with Crippen molar-refractivity contribution in [2.24, 2.45) is 0 Å². The van der Waals surface area contributed by atoms with E-state index < -0.39 is 42.3 Å².